The zero-order chi connectivity index (χ0) is 20.3. The molecule has 0 spiro atoms. The summed E-state index contributed by atoms with van der Waals surface area (Å²) in [4.78, 5) is 19.4. The smallest absolute Gasteiger partial charge is 0.158 e. The first kappa shape index (κ1) is 18.9. The van der Waals surface area contributed by atoms with Gasteiger partial charge in [0, 0.05) is 50.0 Å². The van der Waals surface area contributed by atoms with Crippen molar-refractivity contribution in [1.82, 2.24) is 14.9 Å². The Balaban J connectivity index is 1.28. The third kappa shape index (κ3) is 3.96. The first-order valence-corrected chi connectivity index (χ1v) is 10.3. The van der Waals surface area contributed by atoms with E-state index in [1.165, 1.54) is 5.69 Å². The minimum Gasteiger partial charge on any atom is -0.467 e. The summed E-state index contributed by atoms with van der Waals surface area (Å²) in [5.41, 5.74) is 2.24. The second-order valence-corrected chi connectivity index (χ2v) is 7.70. The number of anilines is 4. The molecule has 1 N–H and O–H groups in total. The lowest BCUT2D eigenvalue weighted by atomic mass is 10.2. The second kappa shape index (κ2) is 8.33. The summed E-state index contributed by atoms with van der Waals surface area (Å²) >= 11 is 0. The molecule has 30 heavy (non-hydrogen) atoms. The molecule has 0 amide bonds. The van der Waals surface area contributed by atoms with Crippen LogP contribution < -0.4 is 15.3 Å². The van der Waals surface area contributed by atoms with Crippen molar-refractivity contribution in [2.24, 2.45) is 0 Å². The number of nitrogens with zero attached hydrogens (tertiary/aromatic N) is 5. The minimum atomic E-state index is 0.0191. The van der Waals surface area contributed by atoms with E-state index in [2.05, 4.69) is 56.4 Å². The number of hydrogen-bond donors (Lipinski definition) is 1. The fraction of sp³-hybridized carbons (Fsp3) is 0.364. The Hall–Kier alpha value is -3.10. The number of furan rings is 1. The summed E-state index contributed by atoms with van der Waals surface area (Å²) in [5, 5.41) is 5.18. The number of likely N-dealkylation sites (N-methyl/N-ethyl adjacent to an activating group) is 1. The Bertz CT molecular complexity index is 954. The van der Waals surface area contributed by atoms with Crippen LogP contribution in [0.2, 0.25) is 0 Å². The fourth-order valence-electron chi connectivity index (χ4n) is 3.94. The maximum absolute atomic E-state index is 5.82. The molecule has 2 saturated heterocycles. The van der Waals surface area contributed by atoms with Crippen LogP contribution in [-0.2, 0) is 4.84 Å². The van der Waals surface area contributed by atoms with Gasteiger partial charge in [-0.15, -0.1) is 0 Å². The molecule has 2 aromatic heterocycles. The maximum atomic E-state index is 5.82. The molecule has 5 rings (SSSR count). The highest BCUT2D eigenvalue weighted by molar-refractivity contribution is 5.62. The molecule has 2 aliphatic rings. The van der Waals surface area contributed by atoms with Crippen LogP contribution in [0.5, 0.6) is 0 Å². The van der Waals surface area contributed by atoms with Gasteiger partial charge in [0.05, 0.1) is 12.9 Å². The molecule has 4 heterocycles. The van der Waals surface area contributed by atoms with Crippen LogP contribution >= 0.6 is 0 Å². The van der Waals surface area contributed by atoms with Gasteiger partial charge in [0.25, 0.3) is 0 Å². The van der Waals surface area contributed by atoms with Gasteiger partial charge in [0.15, 0.2) is 5.82 Å². The first-order chi connectivity index (χ1) is 14.8. The number of benzene rings is 1. The monoisotopic (exact) mass is 406 g/mol. The molecule has 0 bridgehead atoms. The first-order valence-electron chi connectivity index (χ1n) is 10.3. The zero-order valence-corrected chi connectivity index (χ0v) is 17.1. The molecule has 2 aliphatic heterocycles. The van der Waals surface area contributed by atoms with E-state index in [1.807, 2.05) is 23.3 Å². The highest BCUT2D eigenvalue weighted by Crippen LogP contribution is 2.34. The molecule has 0 aliphatic carbocycles. The number of piperazine rings is 1. The van der Waals surface area contributed by atoms with Crippen molar-refractivity contribution in [2.45, 2.75) is 12.5 Å². The van der Waals surface area contributed by atoms with E-state index in [-0.39, 0.29) is 6.04 Å². The quantitative estimate of drug-likeness (QED) is 0.691. The van der Waals surface area contributed by atoms with E-state index < -0.39 is 0 Å². The van der Waals surface area contributed by atoms with E-state index >= 15 is 0 Å². The van der Waals surface area contributed by atoms with Gasteiger partial charge in [0.1, 0.15) is 23.9 Å². The third-order valence-electron chi connectivity index (χ3n) is 5.66. The molecule has 8 heteroatoms. The summed E-state index contributed by atoms with van der Waals surface area (Å²) < 4.78 is 5.57. The molecule has 1 aromatic carbocycles. The predicted octanol–water partition coefficient (Wildman–Crippen LogP) is 3.45. The van der Waals surface area contributed by atoms with Crippen LogP contribution in [0, 0.1) is 0 Å². The van der Waals surface area contributed by atoms with Crippen LogP contribution in [0.3, 0.4) is 0 Å². The molecular weight excluding hydrogens is 380 g/mol. The lowest BCUT2D eigenvalue weighted by Gasteiger charge is -2.34. The lowest BCUT2D eigenvalue weighted by molar-refractivity contribution is 0.154. The fourth-order valence-corrected chi connectivity index (χ4v) is 3.94. The number of hydrogen-bond acceptors (Lipinski definition) is 8. The van der Waals surface area contributed by atoms with Gasteiger partial charge in [-0.3, -0.25) is 4.84 Å². The Morgan fingerprint density at radius 2 is 1.87 bits per heavy atom. The average molecular weight is 406 g/mol. The van der Waals surface area contributed by atoms with Gasteiger partial charge in [-0.1, -0.05) is 0 Å². The van der Waals surface area contributed by atoms with Gasteiger partial charge in [-0.25, -0.2) is 15.0 Å². The van der Waals surface area contributed by atoms with Crippen molar-refractivity contribution in [2.75, 3.05) is 55.1 Å². The molecule has 1 unspecified atom stereocenters. The van der Waals surface area contributed by atoms with Gasteiger partial charge < -0.3 is 19.5 Å². The maximum Gasteiger partial charge on any atom is 0.158 e. The van der Waals surface area contributed by atoms with Crippen LogP contribution in [-0.4, -0.2) is 54.7 Å². The summed E-state index contributed by atoms with van der Waals surface area (Å²) in [7, 11) is 2.17. The molecule has 0 radical (unpaired) electrons. The minimum absolute atomic E-state index is 0.0191. The van der Waals surface area contributed by atoms with Crippen molar-refractivity contribution in [3.63, 3.8) is 0 Å². The summed E-state index contributed by atoms with van der Waals surface area (Å²) in [6.45, 7) is 4.95. The van der Waals surface area contributed by atoms with Crippen LogP contribution in [0.15, 0.2) is 59.5 Å². The number of aromatic nitrogens is 2. The largest absolute Gasteiger partial charge is 0.467 e. The van der Waals surface area contributed by atoms with Crippen LogP contribution in [0.25, 0.3) is 0 Å². The molecule has 3 aromatic rings. The Morgan fingerprint density at radius 3 is 2.63 bits per heavy atom. The van der Waals surface area contributed by atoms with Gasteiger partial charge in [-0.2, -0.15) is 0 Å². The Morgan fingerprint density at radius 1 is 1.03 bits per heavy atom. The molecule has 156 valence electrons. The van der Waals surface area contributed by atoms with E-state index in [9.17, 15) is 0 Å². The van der Waals surface area contributed by atoms with E-state index in [4.69, 9.17) is 9.25 Å². The topological polar surface area (TPSA) is 69.9 Å². The van der Waals surface area contributed by atoms with Crippen molar-refractivity contribution in [3.8, 4) is 0 Å². The third-order valence-corrected chi connectivity index (χ3v) is 5.66. The van der Waals surface area contributed by atoms with Crippen molar-refractivity contribution < 1.29 is 9.25 Å². The summed E-state index contributed by atoms with van der Waals surface area (Å²) in [6, 6.07) is 14.3. The van der Waals surface area contributed by atoms with Gasteiger partial charge >= 0.3 is 0 Å². The lowest BCUT2D eigenvalue weighted by Crippen LogP contribution is -2.44. The van der Waals surface area contributed by atoms with Crippen molar-refractivity contribution in [1.29, 1.82) is 0 Å². The highest BCUT2D eigenvalue weighted by atomic mass is 16.7. The van der Waals surface area contributed by atoms with Crippen LogP contribution in [0.4, 0.5) is 23.0 Å². The van der Waals surface area contributed by atoms with E-state index in [0.717, 1.165) is 49.9 Å². The second-order valence-electron chi connectivity index (χ2n) is 7.70. The number of hydroxylamine groups is 1. The molecule has 8 nitrogen and oxygen atoms in total. The summed E-state index contributed by atoms with van der Waals surface area (Å²) in [6.07, 6.45) is 4.09. The molecular formula is C22H26N6O2. The van der Waals surface area contributed by atoms with Crippen LogP contribution in [0.1, 0.15) is 18.2 Å². The van der Waals surface area contributed by atoms with E-state index in [0.29, 0.717) is 12.4 Å². The Kier molecular flexibility index (Phi) is 5.25. The Labute approximate surface area is 176 Å². The standard InChI is InChI=1S/C22H26N6O2/c1-26-9-11-27(12-10-26)18-6-4-17(5-7-18)25-21-15-22(24-16-23-21)28-19(8-14-30-28)20-3-2-13-29-20/h2-7,13,15-16,19H,8-12,14H2,1H3,(H,23,24,25). The molecule has 1 atom stereocenters. The molecule has 2 fully saturated rings. The average Bonchev–Trinajstić information content (AvgIpc) is 3.47. The van der Waals surface area contributed by atoms with Gasteiger partial charge in [-0.05, 0) is 43.4 Å². The number of rotatable bonds is 5. The highest BCUT2D eigenvalue weighted by Gasteiger charge is 2.31. The SMILES string of the molecule is CN1CCN(c2ccc(Nc3cc(N4OCCC4c4ccco4)ncn3)cc2)CC1. The zero-order valence-electron chi connectivity index (χ0n) is 17.1. The van der Waals surface area contributed by atoms with Crippen molar-refractivity contribution >= 4 is 23.0 Å². The van der Waals surface area contributed by atoms with Gasteiger partial charge in [0.2, 0.25) is 0 Å². The summed E-state index contributed by atoms with van der Waals surface area (Å²) in [5.74, 6) is 2.31. The number of nitrogens with one attached hydrogen (secondary N) is 1. The van der Waals surface area contributed by atoms with Crippen molar-refractivity contribution in [3.05, 3.63) is 60.8 Å². The molecule has 0 saturated carbocycles. The normalized spacial score (nSPS) is 20.0. The van der Waals surface area contributed by atoms with E-state index in [1.54, 1.807) is 12.6 Å². The predicted molar refractivity (Wildman–Crippen MR) is 116 cm³/mol.